The first-order valence-electron chi connectivity index (χ1n) is 10.3. The zero-order chi connectivity index (χ0) is 21.3. The highest BCUT2D eigenvalue weighted by atomic mass is 79.9. The Bertz CT molecular complexity index is 942. The van der Waals surface area contributed by atoms with E-state index in [0.717, 1.165) is 47.7 Å². The van der Waals surface area contributed by atoms with Crippen molar-refractivity contribution >= 4 is 43.7 Å². The second-order valence-corrected chi connectivity index (χ2v) is 10.2. The van der Waals surface area contributed by atoms with E-state index in [1.54, 1.807) is 10.9 Å². The van der Waals surface area contributed by atoms with E-state index in [4.69, 9.17) is 0 Å². The molecule has 1 aromatic carbocycles. The minimum atomic E-state index is -0.196. The van der Waals surface area contributed by atoms with Gasteiger partial charge >= 0.3 is 0 Å². The van der Waals surface area contributed by atoms with Gasteiger partial charge in [-0.1, -0.05) is 50.4 Å². The first-order chi connectivity index (χ1) is 14.4. The Morgan fingerprint density at radius 2 is 2.03 bits per heavy atom. The summed E-state index contributed by atoms with van der Waals surface area (Å²) in [6.45, 7) is 4.77. The predicted octanol–water partition coefficient (Wildman–Crippen LogP) is 3.89. The second kappa shape index (κ2) is 8.78. The van der Waals surface area contributed by atoms with Crippen LogP contribution in [-0.2, 0) is 6.54 Å². The number of hydrogen-bond acceptors (Lipinski definition) is 4. The van der Waals surface area contributed by atoms with Gasteiger partial charge < -0.3 is 10.2 Å². The first kappa shape index (κ1) is 21.5. The number of fused-ring (bicyclic) bond motifs is 1. The number of aromatic nitrogens is 3. The number of aryl methyl sites for hydroxylation is 1. The van der Waals surface area contributed by atoms with Crippen LogP contribution in [0.4, 0.5) is 0 Å². The van der Waals surface area contributed by atoms with Crippen LogP contribution in [0.15, 0.2) is 33.3 Å². The van der Waals surface area contributed by atoms with Crippen LogP contribution in [0, 0.1) is 11.3 Å². The molecular formula is C21H25Br2N5O2. The third-order valence-corrected chi connectivity index (χ3v) is 7.18. The van der Waals surface area contributed by atoms with Gasteiger partial charge in [0.2, 0.25) is 0 Å². The Kier molecular flexibility index (Phi) is 6.29. The van der Waals surface area contributed by atoms with Gasteiger partial charge in [0.25, 0.3) is 11.8 Å². The van der Waals surface area contributed by atoms with Gasteiger partial charge in [0.1, 0.15) is 0 Å². The highest BCUT2D eigenvalue weighted by Gasteiger charge is 2.50. The third kappa shape index (κ3) is 4.32. The van der Waals surface area contributed by atoms with Gasteiger partial charge in [0.15, 0.2) is 5.69 Å². The van der Waals surface area contributed by atoms with Crippen LogP contribution in [0.5, 0.6) is 0 Å². The largest absolute Gasteiger partial charge is 0.350 e. The molecule has 1 aliphatic carbocycles. The lowest BCUT2D eigenvalue weighted by Crippen LogP contribution is -2.41. The molecule has 0 bridgehead atoms. The maximum Gasteiger partial charge on any atom is 0.273 e. The van der Waals surface area contributed by atoms with Crippen molar-refractivity contribution in [2.24, 2.45) is 11.3 Å². The van der Waals surface area contributed by atoms with Crippen LogP contribution in [0.25, 0.3) is 0 Å². The van der Waals surface area contributed by atoms with Crippen molar-refractivity contribution in [1.29, 1.82) is 0 Å². The van der Waals surface area contributed by atoms with E-state index in [9.17, 15) is 9.59 Å². The highest BCUT2D eigenvalue weighted by Crippen LogP contribution is 2.48. The molecule has 2 heterocycles. The number of halogens is 2. The molecule has 1 aromatic heterocycles. The number of nitrogens with one attached hydrogen (secondary N) is 1. The van der Waals surface area contributed by atoms with E-state index in [0.29, 0.717) is 30.3 Å². The molecule has 0 radical (unpaired) electrons. The summed E-state index contributed by atoms with van der Waals surface area (Å²) >= 11 is 6.92. The molecule has 7 nitrogen and oxygen atoms in total. The average molecular weight is 539 g/mol. The van der Waals surface area contributed by atoms with Gasteiger partial charge in [-0.05, 0) is 43.4 Å². The maximum absolute atomic E-state index is 13.1. The van der Waals surface area contributed by atoms with Crippen LogP contribution >= 0.6 is 31.9 Å². The summed E-state index contributed by atoms with van der Waals surface area (Å²) < 4.78 is 3.44. The minimum Gasteiger partial charge on any atom is -0.350 e. The number of carbonyl (C=O) groups excluding carboxylic acids is 2. The van der Waals surface area contributed by atoms with Crippen LogP contribution in [0.3, 0.4) is 0 Å². The highest BCUT2D eigenvalue weighted by molar-refractivity contribution is 9.11. The molecule has 1 saturated heterocycles. The zero-order valence-corrected chi connectivity index (χ0v) is 20.1. The smallest absolute Gasteiger partial charge is 0.273 e. The topological polar surface area (TPSA) is 80.1 Å². The molecule has 2 amide bonds. The number of benzene rings is 1. The summed E-state index contributed by atoms with van der Waals surface area (Å²) in [7, 11) is 0. The normalized spacial score (nSPS) is 22.9. The molecule has 0 unspecified atom stereocenters. The van der Waals surface area contributed by atoms with E-state index >= 15 is 0 Å². The summed E-state index contributed by atoms with van der Waals surface area (Å²) in [4.78, 5) is 27.7. The Balaban J connectivity index is 1.43. The fourth-order valence-electron chi connectivity index (χ4n) is 4.81. The molecule has 2 fully saturated rings. The predicted molar refractivity (Wildman–Crippen MR) is 120 cm³/mol. The minimum absolute atomic E-state index is 0.0413. The molecule has 160 valence electrons. The summed E-state index contributed by atoms with van der Waals surface area (Å²) in [6.07, 6.45) is 5.88. The van der Waals surface area contributed by atoms with Crippen molar-refractivity contribution < 1.29 is 9.59 Å². The van der Waals surface area contributed by atoms with Crippen molar-refractivity contribution in [3.63, 3.8) is 0 Å². The zero-order valence-electron chi connectivity index (χ0n) is 16.9. The molecule has 2 aromatic rings. The van der Waals surface area contributed by atoms with E-state index in [1.807, 2.05) is 23.1 Å². The maximum atomic E-state index is 13.1. The Morgan fingerprint density at radius 3 is 2.77 bits per heavy atom. The number of hydrogen-bond donors (Lipinski definition) is 1. The van der Waals surface area contributed by atoms with Crippen LogP contribution in [-0.4, -0.2) is 51.3 Å². The number of nitrogens with zero attached hydrogens (tertiary/aromatic N) is 4. The SMILES string of the molecule is CCCn1cc(C(=O)NC[C@]23CCC[C@H]2CN(C(=O)c2cc(Br)cc(Br)c2)C3)nn1. The van der Waals surface area contributed by atoms with Crippen molar-refractivity contribution in [2.45, 2.75) is 39.2 Å². The number of amides is 2. The molecule has 2 atom stereocenters. The molecular weight excluding hydrogens is 514 g/mol. The van der Waals surface area contributed by atoms with Crippen LogP contribution in [0.2, 0.25) is 0 Å². The number of carbonyl (C=O) groups is 2. The standard InChI is InChI=1S/C21H25Br2N5O2/c1-2-6-28-11-18(25-26-28)19(29)24-12-21-5-3-4-15(21)10-27(13-21)20(30)14-7-16(22)9-17(23)8-14/h7-9,11,15H,2-6,10,12-13H2,1H3,(H,24,29)/t15-,21-/m0/s1. The van der Waals surface area contributed by atoms with Crippen LogP contribution < -0.4 is 5.32 Å². The summed E-state index contributed by atoms with van der Waals surface area (Å²) in [6, 6.07) is 5.63. The molecule has 0 spiro atoms. The lowest BCUT2D eigenvalue weighted by atomic mass is 9.80. The lowest BCUT2D eigenvalue weighted by Gasteiger charge is -2.29. The van der Waals surface area contributed by atoms with Gasteiger partial charge in [-0.15, -0.1) is 5.10 Å². The van der Waals surface area contributed by atoms with E-state index in [2.05, 4.69) is 54.4 Å². The summed E-state index contributed by atoms with van der Waals surface area (Å²) in [5.41, 5.74) is 0.954. The van der Waals surface area contributed by atoms with Crippen molar-refractivity contribution in [2.75, 3.05) is 19.6 Å². The van der Waals surface area contributed by atoms with Gasteiger partial charge in [0, 0.05) is 46.1 Å². The molecule has 2 aliphatic rings. The lowest BCUT2D eigenvalue weighted by molar-refractivity contribution is 0.0767. The monoisotopic (exact) mass is 537 g/mol. The van der Waals surface area contributed by atoms with Gasteiger partial charge in [-0.3, -0.25) is 14.3 Å². The van der Waals surface area contributed by atoms with Gasteiger partial charge in [0.05, 0.1) is 6.20 Å². The third-order valence-electron chi connectivity index (χ3n) is 6.26. The molecule has 1 saturated carbocycles. The van der Waals surface area contributed by atoms with Gasteiger partial charge in [-0.25, -0.2) is 0 Å². The average Bonchev–Trinajstić information content (AvgIpc) is 3.39. The van der Waals surface area contributed by atoms with Gasteiger partial charge in [-0.2, -0.15) is 0 Å². The fraction of sp³-hybridized carbons (Fsp3) is 0.524. The summed E-state index contributed by atoms with van der Waals surface area (Å²) in [5, 5.41) is 11.1. The molecule has 30 heavy (non-hydrogen) atoms. The summed E-state index contributed by atoms with van der Waals surface area (Å²) in [5.74, 6) is 0.255. The van der Waals surface area contributed by atoms with E-state index < -0.39 is 0 Å². The quantitative estimate of drug-likeness (QED) is 0.605. The second-order valence-electron chi connectivity index (χ2n) is 8.34. The molecule has 4 rings (SSSR count). The van der Waals surface area contributed by atoms with E-state index in [-0.39, 0.29) is 17.2 Å². The molecule has 1 N–H and O–H groups in total. The van der Waals surface area contributed by atoms with Crippen molar-refractivity contribution in [1.82, 2.24) is 25.2 Å². The molecule has 1 aliphatic heterocycles. The Morgan fingerprint density at radius 1 is 1.27 bits per heavy atom. The van der Waals surface area contributed by atoms with E-state index in [1.165, 1.54) is 0 Å². The Labute approximate surface area is 192 Å². The van der Waals surface area contributed by atoms with Crippen molar-refractivity contribution in [3.8, 4) is 0 Å². The fourth-order valence-corrected chi connectivity index (χ4v) is 6.10. The van der Waals surface area contributed by atoms with Crippen molar-refractivity contribution in [3.05, 3.63) is 44.6 Å². The Hall–Kier alpha value is -1.74. The molecule has 9 heteroatoms. The first-order valence-corrected chi connectivity index (χ1v) is 11.9. The number of rotatable bonds is 6. The number of likely N-dealkylation sites (tertiary alicyclic amines) is 1. The van der Waals surface area contributed by atoms with Crippen LogP contribution in [0.1, 0.15) is 53.5 Å².